The Morgan fingerprint density at radius 2 is 2.00 bits per heavy atom. The van der Waals surface area contributed by atoms with Gasteiger partial charge in [-0.15, -0.1) is 11.3 Å². The minimum Gasteiger partial charge on any atom is -0.486 e. The molecule has 0 spiro atoms. The molecule has 1 atom stereocenters. The molecule has 5 rings (SSSR count). The maximum atomic E-state index is 13.4. The summed E-state index contributed by atoms with van der Waals surface area (Å²) in [6.07, 6.45) is 3.69. The highest BCUT2D eigenvalue weighted by Gasteiger charge is 2.32. The highest BCUT2D eigenvalue weighted by Crippen LogP contribution is 2.36. The Bertz CT molecular complexity index is 1130. The standard InChI is InChI=1S/C23H24N4O3S/c1-14-10-17(26-23-24-13-15(2)31-23)12-18(25-14)19-4-3-7-27(19)22(28)16-5-6-20-21(11-16)30-9-8-29-20/h5-6,10-13,19H,3-4,7-9H2,1-2H3,(H,24,25,26). The first-order valence-electron chi connectivity index (χ1n) is 10.5. The van der Waals surface area contributed by atoms with Crippen LogP contribution in [0.2, 0.25) is 0 Å². The lowest BCUT2D eigenvalue weighted by Gasteiger charge is -2.26. The van der Waals surface area contributed by atoms with Crippen molar-refractivity contribution in [2.45, 2.75) is 32.7 Å². The molecule has 0 aliphatic carbocycles. The van der Waals surface area contributed by atoms with Gasteiger partial charge in [-0.05, 0) is 57.0 Å². The van der Waals surface area contributed by atoms with Gasteiger partial charge in [-0.3, -0.25) is 9.78 Å². The van der Waals surface area contributed by atoms with Crippen LogP contribution in [-0.2, 0) is 0 Å². The molecule has 1 saturated heterocycles. The van der Waals surface area contributed by atoms with Gasteiger partial charge < -0.3 is 19.7 Å². The second kappa shape index (κ2) is 8.19. The number of likely N-dealkylation sites (tertiary alicyclic amines) is 1. The van der Waals surface area contributed by atoms with Crippen molar-refractivity contribution in [2.75, 3.05) is 25.1 Å². The molecule has 0 radical (unpaired) electrons. The number of rotatable bonds is 4. The fourth-order valence-electron chi connectivity index (χ4n) is 4.13. The van der Waals surface area contributed by atoms with Crippen LogP contribution in [0.5, 0.6) is 11.5 Å². The number of anilines is 2. The van der Waals surface area contributed by atoms with E-state index in [-0.39, 0.29) is 11.9 Å². The predicted octanol–water partition coefficient (Wildman–Crippen LogP) is 4.65. The van der Waals surface area contributed by atoms with Gasteiger partial charge >= 0.3 is 0 Å². The van der Waals surface area contributed by atoms with Crippen LogP contribution in [0.4, 0.5) is 10.8 Å². The number of hydrogen-bond donors (Lipinski definition) is 1. The molecule has 1 amide bonds. The first-order chi connectivity index (χ1) is 15.1. The van der Waals surface area contributed by atoms with E-state index in [4.69, 9.17) is 14.5 Å². The summed E-state index contributed by atoms with van der Waals surface area (Å²) in [5, 5.41) is 4.22. The monoisotopic (exact) mass is 436 g/mol. The van der Waals surface area contributed by atoms with Crippen molar-refractivity contribution in [3.05, 3.63) is 58.4 Å². The number of carbonyl (C=O) groups is 1. The molecule has 2 aliphatic heterocycles. The van der Waals surface area contributed by atoms with Crippen LogP contribution in [-0.4, -0.2) is 40.5 Å². The third-order valence-electron chi connectivity index (χ3n) is 5.49. The smallest absolute Gasteiger partial charge is 0.254 e. The minimum absolute atomic E-state index is 0.00663. The highest BCUT2D eigenvalue weighted by atomic mass is 32.1. The van der Waals surface area contributed by atoms with Gasteiger partial charge in [0.05, 0.1) is 11.7 Å². The maximum absolute atomic E-state index is 13.4. The number of aryl methyl sites for hydroxylation is 2. The maximum Gasteiger partial charge on any atom is 0.254 e. The van der Waals surface area contributed by atoms with Gasteiger partial charge in [0.1, 0.15) is 13.2 Å². The molecule has 160 valence electrons. The first kappa shape index (κ1) is 19.8. The zero-order valence-electron chi connectivity index (χ0n) is 17.6. The minimum atomic E-state index is -0.0563. The third-order valence-corrected chi connectivity index (χ3v) is 6.32. The van der Waals surface area contributed by atoms with Crippen LogP contribution >= 0.6 is 11.3 Å². The molecule has 1 fully saturated rings. The van der Waals surface area contributed by atoms with Crippen molar-refractivity contribution in [1.82, 2.24) is 14.9 Å². The number of nitrogens with one attached hydrogen (secondary N) is 1. The quantitative estimate of drug-likeness (QED) is 0.642. The second-order valence-electron chi connectivity index (χ2n) is 7.84. The Kier molecular flexibility index (Phi) is 5.23. The van der Waals surface area contributed by atoms with E-state index in [2.05, 4.69) is 10.3 Å². The number of benzene rings is 1. The second-order valence-corrected chi connectivity index (χ2v) is 9.07. The van der Waals surface area contributed by atoms with Crippen molar-refractivity contribution in [3.63, 3.8) is 0 Å². The highest BCUT2D eigenvalue weighted by molar-refractivity contribution is 7.15. The van der Waals surface area contributed by atoms with E-state index < -0.39 is 0 Å². The summed E-state index contributed by atoms with van der Waals surface area (Å²) in [5.41, 5.74) is 3.36. The predicted molar refractivity (Wildman–Crippen MR) is 120 cm³/mol. The Hall–Kier alpha value is -3.13. The molecule has 0 saturated carbocycles. The van der Waals surface area contributed by atoms with Crippen LogP contribution in [0.3, 0.4) is 0 Å². The topological polar surface area (TPSA) is 76.6 Å². The Labute approximate surface area is 185 Å². The summed E-state index contributed by atoms with van der Waals surface area (Å²) in [6.45, 7) is 5.75. The fourth-order valence-corrected chi connectivity index (χ4v) is 4.82. The van der Waals surface area contributed by atoms with E-state index in [0.717, 1.165) is 39.9 Å². The molecule has 4 heterocycles. The number of pyridine rings is 1. The Morgan fingerprint density at radius 3 is 2.81 bits per heavy atom. The molecule has 1 unspecified atom stereocenters. The lowest BCUT2D eigenvalue weighted by molar-refractivity contribution is 0.0731. The lowest BCUT2D eigenvalue weighted by atomic mass is 10.1. The van der Waals surface area contributed by atoms with Gasteiger partial charge in [0, 0.05) is 34.6 Å². The van der Waals surface area contributed by atoms with Gasteiger partial charge in [0.2, 0.25) is 0 Å². The van der Waals surface area contributed by atoms with E-state index in [0.29, 0.717) is 36.8 Å². The molecule has 8 heteroatoms. The van der Waals surface area contributed by atoms with E-state index in [1.165, 1.54) is 0 Å². The van der Waals surface area contributed by atoms with E-state index in [1.807, 2.05) is 49.2 Å². The van der Waals surface area contributed by atoms with Crippen molar-refractivity contribution >= 4 is 28.1 Å². The Balaban J connectivity index is 1.40. The normalized spacial score (nSPS) is 17.6. The van der Waals surface area contributed by atoms with Gasteiger partial charge in [0.25, 0.3) is 5.91 Å². The van der Waals surface area contributed by atoms with Gasteiger partial charge in [-0.2, -0.15) is 0 Å². The summed E-state index contributed by atoms with van der Waals surface area (Å²) in [5.74, 6) is 1.31. The Morgan fingerprint density at radius 1 is 1.16 bits per heavy atom. The number of amides is 1. The zero-order valence-corrected chi connectivity index (χ0v) is 18.4. The number of nitrogens with zero attached hydrogens (tertiary/aromatic N) is 3. The van der Waals surface area contributed by atoms with Gasteiger partial charge in [-0.1, -0.05) is 0 Å². The summed E-state index contributed by atoms with van der Waals surface area (Å²) < 4.78 is 11.2. The van der Waals surface area contributed by atoms with Crippen LogP contribution in [0, 0.1) is 13.8 Å². The number of hydrogen-bond acceptors (Lipinski definition) is 7. The van der Waals surface area contributed by atoms with Crippen molar-refractivity contribution < 1.29 is 14.3 Å². The average Bonchev–Trinajstić information content (AvgIpc) is 3.41. The summed E-state index contributed by atoms with van der Waals surface area (Å²) in [7, 11) is 0. The number of fused-ring (bicyclic) bond motifs is 1. The average molecular weight is 437 g/mol. The molecule has 7 nitrogen and oxygen atoms in total. The SMILES string of the molecule is Cc1cc(Nc2ncc(C)s2)cc(C2CCCN2C(=O)c2ccc3c(c2)OCCO3)n1. The lowest BCUT2D eigenvalue weighted by Crippen LogP contribution is -2.31. The first-order valence-corrected chi connectivity index (χ1v) is 11.3. The number of ether oxygens (including phenoxy) is 2. The number of aromatic nitrogens is 2. The number of carbonyl (C=O) groups excluding carboxylic acids is 1. The number of thiazole rings is 1. The van der Waals surface area contributed by atoms with Crippen LogP contribution in [0.25, 0.3) is 0 Å². The zero-order chi connectivity index (χ0) is 21.4. The van der Waals surface area contributed by atoms with Crippen molar-refractivity contribution in [2.24, 2.45) is 0 Å². The molecular formula is C23H24N4O3S. The van der Waals surface area contributed by atoms with Crippen LogP contribution in [0.1, 0.15) is 45.5 Å². The largest absolute Gasteiger partial charge is 0.486 e. The molecule has 1 aromatic carbocycles. The van der Waals surface area contributed by atoms with Crippen LogP contribution in [0.15, 0.2) is 36.5 Å². The van der Waals surface area contributed by atoms with Gasteiger partial charge in [0.15, 0.2) is 16.6 Å². The molecule has 31 heavy (non-hydrogen) atoms. The van der Waals surface area contributed by atoms with Crippen molar-refractivity contribution in [3.8, 4) is 11.5 Å². The summed E-state index contributed by atoms with van der Waals surface area (Å²) in [6, 6.07) is 9.39. The van der Waals surface area contributed by atoms with Gasteiger partial charge in [-0.25, -0.2) is 4.98 Å². The molecule has 1 N–H and O–H groups in total. The fraction of sp³-hybridized carbons (Fsp3) is 0.348. The van der Waals surface area contributed by atoms with E-state index in [1.54, 1.807) is 17.4 Å². The summed E-state index contributed by atoms with van der Waals surface area (Å²) >= 11 is 1.61. The summed E-state index contributed by atoms with van der Waals surface area (Å²) in [4.78, 5) is 25.6. The molecule has 0 bridgehead atoms. The van der Waals surface area contributed by atoms with Crippen LogP contribution < -0.4 is 14.8 Å². The molecule has 3 aromatic rings. The third kappa shape index (κ3) is 4.07. The van der Waals surface area contributed by atoms with E-state index >= 15 is 0 Å². The molecule has 2 aromatic heterocycles. The van der Waals surface area contributed by atoms with E-state index in [9.17, 15) is 4.79 Å². The molecular weight excluding hydrogens is 412 g/mol. The van der Waals surface area contributed by atoms with Crippen molar-refractivity contribution in [1.29, 1.82) is 0 Å². The molecule has 2 aliphatic rings.